The predicted octanol–water partition coefficient (Wildman–Crippen LogP) is 3.69. The Morgan fingerprint density at radius 2 is 2.14 bits per heavy atom. The van der Waals surface area contributed by atoms with Gasteiger partial charge in [0, 0.05) is 12.1 Å². The number of nitrogens with zero attached hydrogens (tertiary/aromatic N) is 1. The first-order chi connectivity index (χ1) is 9.80. The number of benzene rings is 1. The van der Waals surface area contributed by atoms with Gasteiger partial charge in [-0.2, -0.15) is 0 Å². The van der Waals surface area contributed by atoms with E-state index in [0.717, 1.165) is 16.9 Å². The fourth-order valence-electron chi connectivity index (χ4n) is 1.84. The molecule has 0 radical (unpaired) electrons. The lowest BCUT2D eigenvalue weighted by molar-refractivity contribution is 0.220. The van der Waals surface area contributed by atoms with Crippen LogP contribution in [-0.2, 0) is 15.6 Å². The van der Waals surface area contributed by atoms with Crippen LogP contribution in [0.1, 0.15) is 31.9 Å². The number of hydrogen-bond acceptors (Lipinski definition) is 3. The van der Waals surface area contributed by atoms with Crippen LogP contribution in [-0.4, -0.2) is 29.3 Å². The molecule has 0 fully saturated rings. The minimum atomic E-state index is -3.73. The van der Waals surface area contributed by atoms with Crippen molar-refractivity contribution in [1.82, 2.24) is 4.67 Å². The molecule has 118 valence electrons. The van der Waals surface area contributed by atoms with Gasteiger partial charge in [-0.3, -0.25) is 4.52 Å². The second kappa shape index (κ2) is 7.76. The number of rotatable bonds is 8. The Hall–Kier alpha value is -1.13. The third-order valence-electron chi connectivity index (χ3n) is 2.80. The van der Waals surface area contributed by atoms with Crippen molar-refractivity contribution in [2.45, 2.75) is 33.4 Å². The molecule has 1 rings (SSSR count). The quantitative estimate of drug-likeness (QED) is 0.742. The largest absolute Gasteiger partial charge is 0.490 e. The molecule has 21 heavy (non-hydrogen) atoms. The van der Waals surface area contributed by atoms with E-state index in [1.165, 1.54) is 4.67 Å². The van der Waals surface area contributed by atoms with Gasteiger partial charge in [-0.15, -0.1) is 0 Å². The summed E-state index contributed by atoms with van der Waals surface area (Å²) >= 11 is 0. The molecule has 0 aliphatic rings. The summed E-state index contributed by atoms with van der Waals surface area (Å²) in [6.07, 6.45) is 1.79. The molecule has 1 atom stereocenters. The van der Waals surface area contributed by atoms with E-state index in [9.17, 15) is 9.46 Å². The molecule has 0 aliphatic carbocycles. The zero-order chi connectivity index (χ0) is 16.0. The first kappa shape index (κ1) is 17.9. The van der Waals surface area contributed by atoms with Gasteiger partial charge in [0.1, 0.15) is 5.75 Å². The lowest BCUT2D eigenvalue weighted by Gasteiger charge is -2.22. The Morgan fingerprint density at radius 3 is 2.67 bits per heavy atom. The highest BCUT2D eigenvalue weighted by Crippen LogP contribution is 2.45. The second-order valence-corrected chi connectivity index (χ2v) is 6.89. The maximum absolute atomic E-state index is 11.9. The van der Waals surface area contributed by atoms with Crippen molar-refractivity contribution in [2.24, 2.45) is 0 Å². The van der Waals surface area contributed by atoms with Gasteiger partial charge in [-0.1, -0.05) is 18.7 Å². The molecular formula is C15H24NO4P. The maximum Gasteiger partial charge on any atom is 0.405 e. The normalized spacial score (nSPS) is 14.2. The van der Waals surface area contributed by atoms with Crippen molar-refractivity contribution >= 4 is 13.8 Å². The molecule has 1 aromatic rings. The van der Waals surface area contributed by atoms with Crippen molar-refractivity contribution < 1.29 is 18.7 Å². The third-order valence-corrected chi connectivity index (χ3v) is 4.40. The molecule has 1 aromatic carbocycles. The van der Waals surface area contributed by atoms with Gasteiger partial charge in [0.25, 0.3) is 0 Å². The monoisotopic (exact) mass is 313 g/mol. The standard InChI is InChI=1S/C15H24NO4P/c1-6-14-10-13(8-9-15(14)20-12(3)4)11-16(5)21(17,18)19-7-2/h6,8-10,12H,1,7,11H2,2-5H3,(H,17,18). The van der Waals surface area contributed by atoms with Crippen molar-refractivity contribution in [2.75, 3.05) is 13.7 Å². The van der Waals surface area contributed by atoms with Gasteiger partial charge in [-0.05, 0) is 45.5 Å². The Kier molecular flexibility index (Phi) is 6.62. The summed E-state index contributed by atoms with van der Waals surface area (Å²) in [6.45, 7) is 9.87. The third kappa shape index (κ3) is 5.29. The Bertz CT molecular complexity index is 530. The Morgan fingerprint density at radius 1 is 1.48 bits per heavy atom. The highest BCUT2D eigenvalue weighted by atomic mass is 31.2. The number of hydrogen-bond donors (Lipinski definition) is 1. The summed E-state index contributed by atoms with van der Waals surface area (Å²) in [4.78, 5) is 9.76. The summed E-state index contributed by atoms with van der Waals surface area (Å²) in [5.74, 6) is 0.753. The van der Waals surface area contributed by atoms with E-state index in [1.54, 1.807) is 20.0 Å². The fraction of sp³-hybridized carbons (Fsp3) is 0.467. The van der Waals surface area contributed by atoms with Crippen molar-refractivity contribution in [3.63, 3.8) is 0 Å². The molecular weight excluding hydrogens is 289 g/mol. The Labute approximate surface area is 126 Å². The van der Waals surface area contributed by atoms with Crippen LogP contribution >= 0.6 is 7.75 Å². The first-order valence-electron chi connectivity index (χ1n) is 6.91. The Balaban J connectivity index is 2.90. The lowest BCUT2D eigenvalue weighted by Crippen LogP contribution is -2.16. The SMILES string of the molecule is C=Cc1cc(CN(C)P(=O)(O)OCC)ccc1OC(C)C. The van der Waals surface area contributed by atoms with E-state index in [1.807, 2.05) is 32.0 Å². The van der Waals surface area contributed by atoms with Gasteiger partial charge in [0.15, 0.2) is 0 Å². The summed E-state index contributed by atoms with van der Waals surface area (Å²) in [5, 5.41) is 0. The van der Waals surface area contributed by atoms with Crippen LogP contribution < -0.4 is 4.74 Å². The van der Waals surface area contributed by atoms with E-state index in [0.29, 0.717) is 6.54 Å². The highest BCUT2D eigenvalue weighted by Gasteiger charge is 2.25. The van der Waals surface area contributed by atoms with E-state index in [-0.39, 0.29) is 12.7 Å². The topological polar surface area (TPSA) is 59.0 Å². The van der Waals surface area contributed by atoms with E-state index < -0.39 is 7.75 Å². The first-order valence-corrected chi connectivity index (χ1v) is 8.44. The van der Waals surface area contributed by atoms with Gasteiger partial charge < -0.3 is 9.63 Å². The van der Waals surface area contributed by atoms with Gasteiger partial charge in [0.2, 0.25) is 0 Å². The van der Waals surface area contributed by atoms with Crippen molar-refractivity contribution in [3.8, 4) is 5.75 Å². The highest BCUT2D eigenvalue weighted by molar-refractivity contribution is 7.50. The van der Waals surface area contributed by atoms with Crippen LogP contribution in [0.15, 0.2) is 24.8 Å². The van der Waals surface area contributed by atoms with Crippen LogP contribution in [0.3, 0.4) is 0 Å². The zero-order valence-electron chi connectivity index (χ0n) is 13.1. The fourth-order valence-corrected chi connectivity index (χ4v) is 2.71. The minimum Gasteiger partial charge on any atom is -0.490 e. The summed E-state index contributed by atoms with van der Waals surface area (Å²) < 4.78 is 23.8. The van der Waals surface area contributed by atoms with E-state index in [4.69, 9.17) is 9.26 Å². The molecule has 1 unspecified atom stereocenters. The van der Waals surface area contributed by atoms with Crippen LogP contribution in [0.25, 0.3) is 6.08 Å². The number of ether oxygens (including phenoxy) is 1. The van der Waals surface area contributed by atoms with Gasteiger partial charge >= 0.3 is 7.75 Å². The van der Waals surface area contributed by atoms with Crippen LogP contribution in [0.2, 0.25) is 0 Å². The molecule has 0 heterocycles. The maximum atomic E-state index is 11.9. The molecule has 5 nitrogen and oxygen atoms in total. The van der Waals surface area contributed by atoms with Crippen LogP contribution in [0, 0.1) is 0 Å². The van der Waals surface area contributed by atoms with Crippen LogP contribution in [0.4, 0.5) is 0 Å². The van der Waals surface area contributed by atoms with E-state index in [2.05, 4.69) is 6.58 Å². The summed E-state index contributed by atoms with van der Waals surface area (Å²) in [6, 6.07) is 5.61. The molecule has 6 heteroatoms. The molecule has 1 N–H and O–H groups in total. The molecule has 0 aromatic heterocycles. The van der Waals surface area contributed by atoms with Crippen molar-refractivity contribution in [3.05, 3.63) is 35.9 Å². The molecule has 0 amide bonds. The molecule has 0 bridgehead atoms. The van der Waals surface area contributed by atoms with E-state index >= 15 is 0 Å². The smallest absolute Gasteiger partial charge is 0.405 e. The average molecular weight is 313 g/mol. The average Bonchev–Trinajstić information content (AvgIpc) is 2.39. The lowest BCUT2D eigenvalue weighted by atomic mass is 10.1. The second-order valence-electron chi connectivity index (χ2n) is 4.97. The molecule has 0 saturated heterocycles. The molecule has 0 saturated carbocycles. The minimum absolute atomic E-state index is 0.0767. The van der Waals surface area contributed by atoms with Crippen molar-refractivity contribution in [1.29, 1.82) is 0 Å². The molecule has 0 aliphatic heterocycles. The predicted molar refractivity (Wildman–Crippen MR) is 85.2 cm³/mol. The summed E-state index contributed by atoms with van der Waals surface area (Å²) in [7, 11) is -2.17. The molecule has 0 spiro atoms. The zero-order valence-corrected chi connectivity index (χ0v) is 14.0. The van der Waals surface area contributed by atoms with Crippen LogP contribution in [0.5, 0.6) is 5.75 Å². The van der Waals surface area contributed by atoms with Gasteiger partial charge in [0.05, 0.1) is 12.7 Å². The summed E-state index contributed by atoms with van der Waals surface area (Å²) in [5.41, 5.74) is 1.75. The van der Waals surface area contributed by atoms with Gasteiger partial charge in [-0.25, -0.2) is 9.24 Å².